The molecule has 0 unspecified atom stereocenters. The highest BCUT2D eigenvalue weighted by molar-refractivity contribution is 5.76. The van der Waals surface area contributed by atoms with Crippen LogP contribution in [0.3, 0.4) is 0 Å². The largest absolute Gasteiger partial charge is 0.384 e. The first-order valence-electron chi connectivity index (χ1n) is 4.26. The summed E-state index contributed by atoms with van der Waals surface area (Å²) in [7, 11) is 1.60. The molecule has 70 valence electrons. The summed E-state index contributed by atoms with van der Waals surface area (Å²) in [4.78, 5) is 13.1. The van der Waals surface area contributed by atoms with Crippen molar-refractivity contribution in [2.24, 2.45) is 5.73 Å². The number of hydrogen-bond donors (Lipinski definition) is 1. The van der Waals surface area contributed by atoms with E-state index in [1.54, 1.807) is 7.11 Å². The van der Waals surface area contributed by atoms with Crippen molar-refractivity contribution in [1.82, 2.24) is 4.90 Å². The molecule has 1 rings (SSSR count). The Labute approximate surface area is 72.7 Å². The van der Waals surface area contributed by atoms with E-state index in [-0.39, 0.29) is 11.9 Å². The van der Waals surface area contributed by atoms with Gasteiger partial charge in [-0.1, -0.05) is 0 Å². The molecule has 1 aliphatic heterocycles. The number of methoxy groups -OCH3 is 1. The summed E-state index contributed by atoms with van der Waals surface area (Å²) in [6, 6.07) is 0.177. The molecule has 1 heterocycles. The second kappa shape index (κ2) is 4.42. The third-order valence-corrected chi connectivity index (χ3v) is 2.10. The summed E-state index contributed by atoms with van der Waals surface area (Å²) in [6.07, 6.45) is 1.40. The van der Waals surface area contributed by atoms with Gasteiger partial charge < -0.3 is 15.4 Å². The quantitative estimate of drug-likeness (QED) is 0.629. The summed E-state index contributed by atoms with van der Waals surface area (Å²) in [5, 5.41) is 0. The van der Waals surface area contributed by atoms with Gasteiger partial charge in [0.05, 0.1) is 13.0 Å². The van der Waals surface area contributed by atoms with E-state index in [9.17, 15) is 4.79 Å². The van der Waals surface area contributed by atoms with Gasteiger partial charge in [-0.2, -0.15) is 0 Å². The Morgan fingerprint density at radius 3 is 3.00 bits per heavy atom. The minimum absolute atomic E-state index is 0.157. The van der Waals surface area contributed by atoms with Gasteiger partial charge in [-0.05, 0) is 6.42 Å². The lowest BCUT2D eigenvalue weighted by Crippen LogP contribution is -2.32. The van der Waals surface area contributed by atoms with Crippen molar-refractivity contribution in [1.29, 1.82) is 0 Å². The molecule has 1 aliphatic rings. The second-order valence-corrected chi connectivity index (χ2v) is 3.13. The van der Waals surface area contributed by atoms with Gasteiger partial charge >= 0.3 is 0 Å². The van der Waals surface area contributed by atoms with Crippen LogP contribution in [0.25, 0.3) is 0 Å². The highest BCUT2D eigenvalue weighted by Gasteiger charge is 2.22. The smallest absolute Gasteiger partial charge is 0.224 e. The molecule has 0 aromatic heterocycles. The summed E-state index contributed by atoms with van der Waals surface area (Å²) < 4.78 is 4.82. The Hall–Kier alpha value is -0.610. The third kappa shape index (κ3) is 2.46. The fourth-order valence-corrected chi connectivity index (χ4v) is 1.36. The lowest BCUT2D eigenvalue weighted by Gasteiger charge is -2.14. The van der Waals surface area contributed by atoms with Crippen LogP contribution in [0.5, 0.6) is 0 Å². The summed E-state index contributed by atoms with van der Waals surface area (Å²) in [6.45, 7) is 2.02. The van der Waals surface area contributed by atoms with E-state index >= 15 is 0 Å². The Morgan fingerprint density at radius 2 is 2.50 bits per heavy atom. The number of nitrogens with two attached hydrogens (primary N) is 1. The van der Waals surface area contributed by atoms with Gasteiger partial charge in [0.15, 0.2) is 0 Å². The monoisotopic (exact) mass is 172 g/mol. The predicted octanol–water partition coefficient (Wildman–Crippen LogP) is -0.417. The molecule has 12 heavy (non-hydrogen) atoms. The van der Waals surface area contributed by atoms with E-state index in [1.807, 2.05) is 4.90 Å². The molecule has 0 saturated carbocycles. The molecule has 0 aromatic rings. The number of likely N-dealkylation sites (tertiary alicyclic amines) is 1. The van der Waals surface area contributed by atoms with Crippen LogP contribution in [0.2, 0.25) is 0 Å². The molecule has 0 bridgehead atoms. The summed E-state index contributed by atoms with van der Waals surface area (Å²) >= 11 is 0. The van der Waals surface area contributed by atoms with E-state index < -0.39 is 0 Å². The third-order valence-electron chi connectivity index (χ3n) is 2.10. The van der Waals surface area contributed by atoms with Gasteiger partial charge in [0, 0.05) is 26.2 Å². The van der Waals surface area contributed by atoms with Crippen LogP contribution in [-0.2, 0) is 9.53 Å². The van der Waals surface area contributed by atoms with Crippen molar-refractivity contribution in [2.75, 3.05) is 26.8 Å². The van der Waals surface area contributed by atoms with Gasteiger partial charge in [0.1, 0.15) is 0 Å². The fraction of sp³-hybridized carbons (Fsp3) is 0.875. The molecule has 1 amide bonds. The van der Waals surface area contributed by atoms with Crippen molar-refractivity contribution in [3.63, 3.8) is 0 Å². The van der Waals surface area contributed by atoms with Gasteiger partial charge in [0.2, 0.25) is 5.91 Å². The van der Waals surface area contributed by atoms with Crippen molar-refractivity contribution in [2.45, 2.75) is 18.9 Å². The van der Waals surface area contributed by atoms with Crippen LogP contribution in [0.1, 0.15) is 12.8 Å². The zero-order valence-electron chi connectivity index (χ0n) is 7.45. The van der Waals surface area contributed by atoms with Gasteiger partial charge in [-0.3, -0.25) is 4.79 Å². The molecule has 4 nitrogen and oxygen atoms in total. The fourth-order valence-electron chi connectivity index (χ4n) is 1.36. The zero-order chi connectivity index (χ0) is 8.97. The van der Waals surface area contributed by atoms with Crippen LogP contribution in [0.4, 0.5) is 0 Å². The van der Waals surface area contributed by atoms with Crippen molar-refractivity contribution >= 4 is 5.91 Å². The number of carbonyl (C=O) groups excluding carboxylic acids is 1. The predicted molar refractivity (Wildman–Crippen MR) is 45.7 cm³/mol. The minimum Gasteiger partial charge on any atom is -0.384 e. The van der Waals surface area contributed by atoms with E-state index in [0.29, 0.717) is 19.6 Å². The van der Waals surface area contributed by atoms with Crippen molar-refractivity contribution in [3.05, 3.63) is 0 Å². The number of hydrogen-bond acceptors (Lipinski definition) is 3. The van der Waals surface area contributed by atoms with E-state index in [1.165, 1.54) is 0 Å². The summed E-state index contributed by atoms with van der Waals surface area (Å²) in [5.41, 5.74) is 5.67. The number of rotatable bonds is 3. The lowest BCUT2D eigenvalue weighted by molar-refractivity contribution is -0.131. The maximum Gasteiger partial charge on any atom is 0.224 e. The molecule has 0 aromatic carbocycles. The molecule has 1 saturated heterocycles. The molecule has 2 N–H and O–H groups in total. The molecule has 1 fully saturated rings. The first-order chi connectivity index (χ1) is 5.74. The minimum atomic E-state index is 0.157. The van der Waals surface area contributed by atoms with Crippen LogP contribution in [0, 0.1) is 0 Å². The molecular formula is C8H16N2O2. The zero-order valence-corrected chi connectivity index (χ0v) is 7.45. The molecule has 0 spiro atoms. The first-order valence-corrected chi connectivity index (χ1v) is 4.26. The van der Waals surface area contributed by atoms with Gasteiger partial charge in [-0.25, -0.2) is 0 Å². The van der Waals surface area contributed by atoms with Crippen LogP contribution >= 0.6 is 0 Å². The SMILES string of the molecule is COCCC(=O)N1CC[C@@H](N)C1. The van der Waals surface area contributed by atoms with Gasteiger partial charge in [0.25, 0.3) is 0 Å². The van der Waals surface area contributed by atoms with Crippen molar-refractivity contribution < 1.29 is 9.53 Å². The topological polar surface area (TPSA) is 55.6 Å². The standard InChI is InChI=1S/C8H16N2O2/c1-12-5-3-8(11)10-4-2-7(9)6-10/h7H,2-6,9H2,1H3/t7-/m1/s1. The lowest BCUT2D eigenvalue weighted by atomic mass is 10.3. The summed E-state index contributed by atoms with van der Waals surface area (Å²) in [5.74, 6) is 0.157. The molecule has 1 atom stereocenters. The number of nitrogens with zero attached hydrogens (tertiary/aromatic N) is 1. The Morgan fingerprint density at radius 1 is 1.75 bits per heavy atom. The first kappa shape index (κ1) is 9.48. The number of carbonyl (C=O) groups is 1. The normalized spacial score (nSPS) is 23.2. The molecule has 4 heteroatoms. The molecule has 0 radical (unpaired) electrons. The van der Waals surface area contributed by atoms with Crippen molar-refractivity contribution in [3.8, 4) is 0 Å². The maximum atomic E-state index is 11.3. The number of amides is 1. The van der Waals surface area contributed by atoms with Crippen LogP contribution < -0.4 is 5.73 Å². The maximum absolute atomic E-state index is 11.3. The van der Waals surface area contributed by atoms with Crippen LogP contribution in [-0.4, -0.2) is 43.7 Å². The second-order valence-electron chi connectivity index (χ2n) is 3.13. The average Bonchev–Trinajstić information content (AvgIpc) is 2.47. The molecule has 0 aliphatic carbocycles. The molecular weight excluding hydrogens is 156 g/mol. The number of ether oxygens (including phenoxy) is 1. The Kier molecular flexibility index (Phi) is 3.49. The Bertz CT molecular complexity index is 161. The Balaban J connectivity index is 2.23. The average molecular weight is 172 g/mol. The van der Waals surface area contributed by atoms with E-state index in [4.69, 9.17) is 10.5 Å². The van der Waals surface area contributed by atoms with E-state index in [2.05, 4.69) is 0 Å². The van der Waals surface area contributed by atoms with Crippen LogP contribution in [0.15, 0.2) is 0 Å². The highest BCUT2D eigenvalue weighted by atomic mass is 16.5. The highest BCUT2D eigenvalue weighted by Crippen LogP contribution is 2.08. The van der Waals surface area contributed by atoms with E-state index in [0.717, 1.165) is 13.0 Å². The van der Waals surface area contributed by atoms with Gasteiger partial charge in [-0.15, -0.1) is 0 Å².